The number of rotatable bonds is 4. The van der Waals surface area contributed by atoms with Gasteiger partial charge in [0.15, 0.2) is 0 Å². The van der Waals surface area contributed by atoms with Gasteiger partial charge in [-0.15, -0.1) is 11.8 Å². The summed E-state index contributed by atoms with van der Waals surface area (Å²) in [5, 5.41) is 5.52. The van der Waals surface area contributed by atoms with Crippen molar-refractivity contribution in [2.45, 2.75) is 13.3 Å². The van der Waals surface area contributed by atoms with Crippen LogP contribution in [0, 0.1) is 6.92 Å². The lowest BCUT2D eigenvalue weighted by Gasteiger charge is -2.01. The summed E-state index contributed by atoms with van der Waals surface area (Å²) in [6.45, 7) is 1.97. The molecule has 122 valence electrons. The van der Waals surface area contributed by atoms with E-state index in [9.17, 15) is 4.79 Å². The first-order valence-corrected chi connectivity index (χ1v) is 8.84. The molecule has 0 saturated heterocycles. The van der Waals surface area contributed by atoms with Gasteiger partial charge in [0.2, 0.25) is 5.91 Å². The third-order valence-electron chi connectivity index (χ3n) is 3.50. The van der Waals surface area contributed by atoms with Crippen LogP contribution in [-0.4, -0.2) is 22.9 Å². The summed E-state index contributed by atoms with van der Waals surface area (Å²) in [4.78, 5) is 16.4. The predicted molar refractivity (Wildman–Crippen MR) is 102 cm³/mol. The summed E-state index contributed by atoms with van der Waals surface area (Å²) >= 11 is 7.55. The van der Waals surface area contributed by atoms with E-state index in [1.165, 1.54) is 17.3 Å². The maximum atomic E-state index is 11.9. The van der Waals surface area contributed by atoms with Gasteiger partial charge in [-0.1, -0.05) is 41.9 Å². The molecule has 1 heterocycles. The number of nitrogens with one attached hydrogen (secondary N) is 1. The molecule has 1 aliphatic heterocycles. The van der Waals surface area contributed by atoms with Crippen LogP contribution in [0.1, 0.15) is 16.7 Å². The second kappa shape index (κ2) is 7.64. The molecule has 6 heteroatoms. The van der Waals surface area contributed by atoms with Gasteiger partial charge in [-0.25, -0.2) is 10.4 Å². The second-order valence-corrected chi connectivity index (χ2v) is 6.87. The summed E-state index contributed by atoms with van der Waals surface area (Å²) in [6, 6.07) is 13.7. The fourth-order valence-corrected chi connectivity index (χ4v) is 3.35. The van der Waals surface area contributed by atoms with Crippen molar-refractivity contribution >= 4 is 46.2 Å². The van der Waals surface area contributed by atoms with Gasteiger partial charge in [0, 0.05) is 17.0 Å². The molecule has 0 aromatic heterocycles. The third-order valence-corrected chi connectivity index (χ3v) is 4.80. The molecule has 0 atom stereocenters. The third kappa shape index (κ3) is 4.24. The zero-order chi connectivity index (χ0) is 16.9. The van der Waals surface area contributed by atoms with Crippen LogP contribution in [0.15, 0.2) is 52.6 Å². The average Bonchev–Trinajstić information content (AvgIpc) is 2.98. The van der Waals surface area contributed by atoms with Crippen LogP contribution in [0.4, 0.5) is 5.69 Å². The number of aryl methyl sites for hydroxylation is 1. The van der Waals surface area contributed by atoms with Crippen LogP contribution >= 0.6 is 23.4 Å². The summed E-state index contributed by atoms with van der Waals surface area (Å²) < 4.78 is 0. The number of para-hydroxylation sites is 1. The van der Waals surface area contributed by atoms with E-state index in [0.29, 0.717) is 5.02 Å². The Hall–Kier alpha value is -2.11. The Morgan fingerprint density at radius 2 is 2.21 bits per heavy atom. The highest BCUT2D eigenvalue weighted by Gasteiger charge is 2.15. The lowest BCUT2D eigenvalue weighted by Crippen LogP contribution is -2.20. The van der Waals surface area contributed by atoms with Crippen LogP contribution in [0.5, 0.6) is 0 Å². The highest BCUT2D eigenvalue weighted by atomic mass is 35.5. The fourth-order valence-electron chi connectivity index (χ4n) is 2.28. The normalized spacial score (nSPS) is 13.0. The number of amides is 1. The van der Waals surface area contributed by atoms with Gasteiger partial charge in [-0.2, -0.15) is 5.10 Å². The quantitative estimate of drug-likeness (QED) is 0.661. The molecule has 2 aromatic rings. The number of benzene rings is 2. The minimum absolute atomic E-state index is 0.168. The van der Waals surface area contributed by atoms with Gasteiger partial charge in [0.25, 0.3) is 0 Å². The minimum Gasteiger partial charge on any atom is -0.272 e. The first-order chi connectivity index (χ1) is 11.6. The van der Waals surface area contributed by atoms with Crippen LogP contribution in [0.2, 0.25) is 5.02 Å². The van der Waals surface area contributed by atoms with Crippen molar-refractivity contribution in [3.8, 4) is 0 Å². The topological polar surface area (TPSA) is 53.8 Å². The lowest BCUT2D eigenvalue weighted by atomic mass is 10.2. The number of nitrogens with zero attached hydrogens (tertiary/aromatic N) is 2. The molecule has 0 saturated carbocycles. The molecule has 0 spiro atoms. The van der Waals surface area contributed by atoms with Crippen molar-refractivity contribution in [1.82, 2.24) is 5.43 Å². The van der Waals surface area contributed by atoms with E-state index in [1.807, 2.05) is 43.3 Å². The highest BCUT2D eigenvalue weighted by Crippen LogP contribution is 2.29. The Morgan fingerprint density at radius 3 is 3.00 bits per heavy atom. The number of carbonyl (C=O) groups excluding carboxylic acids is 1. The summed E-state index contributed by atoms with van der Waals surface area (Å²) in [5.41, 5.74) is 6.56. The molecule has 1 N–H and O–H groups in total. The van der Waals surface area contributed by atoms with Crippen LogP contribution in [0.3, 0.4) is 0 Å². The van der Waals surface area contributed by atoms with E-state index in [1.54, 1.807) is 6.21 Å². The lowest BCUT2D eigenvalue weighted by molar-refractivity contribution is -0.118. The molecule has 0 radical (unpaired) electrons. The number of carbonyl (C=O) groups is 1. The van der Waals surface area contributed by atoms with Gasteiger partial charge in [-0.3, -0.25) is 4.79 Å². The maximum Gasteiger partial charge on any atom is 0.250 e. The van der Waals surface area contributed by atoms with E-state index >= 15 is 0 Å². The average molecular weight is 358 g/mol. The first-order valence-electron chi connectivity index (χ1n) is 7.48. The molecule has 2 aromatic carbocycles. The van der Waals surface area contributed by atoms with Gasteiger partial charge in [-0.05, 0) is 30.2 Å². The Morgan fingerprint density at radius 1 is 1.38 bits per heavy atom. The van der Waals surface area contributed by atoms with Crippen molar-refractivity contribution in [2.24, 2.45) is 10.1 Å². The van der Waals surface area contributed by atoms with Gasteiger partial charge in [0.05, 0.1) is 22.7 Å². The number of halogens is 1. The van der Waals surface area contributed by atoms with Crippen LogP contribution < -0.4 is 5.43 Å². The van der Waals surface area contributed by atoms with E-state index in [0.717, 1.165) is 28.3 Å². The number of thioether (sulfide) groups is 1. The van der Waals surface area contributed by atoms with Crippen LogP contribution in [-0.2, 0) is 11.2 Å². The number of aliphatic imine (C=N–C) groups is 1. The second-order valence-electron chi connectivity index (χ2n) is 5.42. The Labute approximate surface area is 150 Å². The highest BCUT2D eigenvalue weighted by molar-refractivity contribution is 8.14. The monoisotopic (exact) mass is 357 g/mol. The maximum absolute atomic E-state index is 11.9. The smallest absolute Gasteiger partial charge is 0.250 e. The van der Waals surface area contributed by atoms with E-state index in [2.05, 4.69) is 21.6 Å². The minimum atomic E-state index is -0.168. The Balaban J connectivity index is 1.48. The molecule has 3 rings (SSSR count). The zero-order valence-corrected chi connectivity index (χ0v) is 14.7. The van der Waals surface area contributed by atoms with Crippen LogP contribution in [0.25, 0.3) is 0 Å². The summed E-state index contributed by atoms with van der Waals surface area (Å²) in [6.07, 6.45) is 2.34. The predicted octanol–water partition coefficient (Wildman–Crippen LogP) is 4.12. The molecule has 0 bridgehead atoms. The molecular formula is C18H16ClN3OS. The Bertz CT molecular complexity index is 833. The summed E-state index contributed by atoms with van der Waals surface area (Å²) in [7, 11) is 0. The number of fused-ring (bicyclic) bond motifs is 1. The summed E-state index contributed by atoms with van der Waals surface area (Å²) in [5.74, 6) is 0.115. The van der Waals surface area contributed by atoms with E-state index in [-0.39, 0.29) is 11.7 Å². The van der Waals surface area contributed by atoms with Crippen molar-refractivity contribution in [3.63, 3.8) is 0 Å². The van der Waals surface area contributed by atoms with Gasteiger partial charge >= 0.3 is 0 Å². The molecule has 1 amide bonds. The molecule has 0 fully saturated rings. The number of hydrogen-bond acceptors (Lipinski definition) is 4. The van der Waals surface area contributed by atoms with Crippen molar-refractivity contribution in [1.29, 1.82) is 0 Å². The zero-order valence-electron chi connectivity index (χ0n) is 13.1. The molecule has 0 aliphatic carbocycles. The number of hydrogen-bond donors (Lipinski definition) is 1. The van der Waals surface area contributed by atoms with Gasteiger partial charge in [0.1, 0.15) is 0 Å². The Kier molecular flexibility index (Phi) is 5.33. The van der Waals surface area contributed by atoms with Crippen molar-refractivity contribution in [2.75, 3.05) is 5.75 Å². The van der Waals surface area contributed by atoms with E-state index < -0.39 is 0 Å². The SMILES string of the molecule is Cc1ccc(/C=N/NC(=O)CSC2=Nc3ccccc3C2)c(Cl)c1. The fraction of sp³-hybridized carbons (Fsp3) is 0.167. The number of hydrazone groups is 1. The van der Waals surface area contributed by atoms with Crippen molar-refractivity contribution in [3.05, 3.63) is 64.2 Å². The molecule has 0 unspecified atom stereocenters. The largest absolute Gasteiger partial charge is 0.272 e. The first kappa shape index (κ1) is 16.7. The van der Waals surface area contributed by atoms with Crippen molar-refractivity contribution < 1.29 is 4.79 Å². The van der Waals surface area contributed by atoms with E-state index in [4.69, 9.17) is 11.6 Å². The standard InChI is InChI=1S/C18H16ClN3OS/c1-12-6-7-14(15(19)8-12)10-20-22-17(23)11-24-18-9-13-4-2-3-5-16(13)21-18/h2-8,10H,9,11H2,1H3,(H,22,23)/b20-10+. The van der Waals surface area contributed by atoms with Gasteiger partial charge < -0.3 is 0 Å². The molecule has 1 aliphatic rings. The molecule has 24 heavy (non-hydrogen) atoms. The molecule has 4 nitrogen and oxygen atoms in total. The molecular weight excluding hydrogens is 342 g/mol.